The number of phenols is 1. The highest BCUT2D eigenvalue weighted by molar-refractivity contribution is 6.24. The second kappa shape index (κ2) is 12.3. The maximum absolute atomic E-state index is 14.1. The zero-order chi connectivity index (χ0) is 36.6. The number of aliphatic hydroxyl groups is 3. The summed E-state index contributed by atoms with van der Waals surface area (Å²) in [6.45, 7) is 5.66. The maximum Gasteiger partial charge on any atom is 0.255 e. The van der Waals surface area contributed by atoms with Gasteiger partial charge in [-0.15, -0.1) is 0 Å². The number of aliphatic hydroxyl groups excluding tert-OH is 2. The van der Waals surface area contributed by atoms with E-state index in [1.54, 1.807) is 20.2 Å². The third kappa shape index (κ3) is 5.38. The molecule has 0 spiro atoms. The molecule has 0 aromatic heterocycles. The van der Waals surface area contributed by atoms with Crippen LogP contribution in [0.25, 0.3) is 16.9 Å². The molecule has 0 radical (unpaired) electrons. The molecule has 0 heterocycles. The number of aromatic hydroxyl groups is 1. The van der Waals surface area contributed by atoms with Crippen LogP contribution in [0, 0.1) is 29.1 Å². The summed E-state index contributed by atoms with van der Waals surface area (Å²) in [6, 6.07) is 9.31. The molecular weight excluding hydrogens is 640 g/mol. The van der Waals surface area contributed by atoms with Gasteiger partial charge in [-0.3, -0.25) is 28.9 Å². The first-order valence-electron chi connectivity index (χ1n) is 17.1. The predicted octanol–water partition coefficient (Wildman–Crippen LogP) is 3.77. The van der Waals surface area contributed by atoms with E-state index in [4.69, 9.17) is 5.73 Å². The van der Waals surface area contributed by atoms with Crippen molar-refractivity contribution in [3.05, 3.63) is 70.0 Å². The minimum Gasteiger partial charge on any atom is -0.508 e. The molecule has 11 nitrogen and oxygen atoms in total. The van der Waals surface area contributed by atoms with Gasteiger partial charge in [0.15, 0.2) is 11.4 Å². The summed E-state index contributed by atoms with van der Waals surface area (Å²) in [6.07, 6.45) is 2.62. The standard InChI is InChI=1S/C39H44N2O9/c1-38(2,3)34(46)23-8-6-7-22(23)27(43)15-18-9-11-19(12-10-18)21-13-14-26(42)29-24(21)16-20-17-25-31(41(4)5)33(45)30(37(40)49)36(48)39(25,50)35(47)28(20)32(29)44/h9-14,20,22-23,25,31,42,44,48,50H,6-8,15-17H2,1-5H3,(H2,40,49)/t20-,22?,23?,25-,31-,39-/m1/s1. The number of Topliss-reactive ketones (excluding diaryl/α,β-unsaturated/α-hetero) is 4. The van der Waals surface area contributed by atoms with E-state index in [9.17, 15) is 44.4 Å². The average molecular weight is 685 g/mol. The van der Waals surface area contributed by atoms with Gasteiger partial charge >= 0.3 is 0 Å². The maximum atomic E-state index is 14.1. The normalized spacial score (nSPS) is 28.0. The highest BCUT2D eigenvalue weighted by atomic mass is 16.3. The van der Waals surface area contributed by atoms with Gasteiger partial charge < -0.3 is 26.2 Å². The molecule has 2 saturated carbocycles. The summed E-state index contributed by atoms with van der Waals surface area (Å²) in [4.78, 5) is 67.6. The van der Waals surface area contributed by atoms with Gasteiger partial charge in [0.05, 0.1) is 11.6 Å². The molecule has 4 aliphatic rings. The molecule has 0 bridgehead atoms. The van der Waals surface area contributed by atoms with E-state index in [-0.39, 0.29) is 59.6 Å². The fourth-order valence-electron chi connectivity index (χ4n) is 8.86. The molecule has 0 saturated heterocycles. The van der Waals surface area contributed by atoms with E-state index in [0.717, 1.165) is 24.0 Å². The first kappa shape index (κ1) is 35.2. The lowest BCUT2D eigenvalue weighted by molar-refractivity contribution is -0.153. The second-order valence-corrected chi connectivity index (χ2v) is 15.5. The Balaban J connectivity index is 1.34. The summed E-state index contributed by atoms with van der Waals surface area (Å²) < 4.78 is 0. The number of carbonyl (C=O) groups is 5. The van der Waals surface area contributed by atoms with E-state index in [1.165, 1.54) is 11.0 Å². The summed E-state index contributed by atoms with van der Waals surface area (Å²) in [5, 5.41) is 45.4. The number of nitrogens with two attached hydrogens (primary N) is 1. The number of fused-ring (bicyclic) bond motifs is 3. The molecule has 6 rings (SSSR count). The number of amides is 1. The highest BCUT2D eigenvalue weighted by Gasteiger charge is 2.64. The van der Waals surface area contributed by atoms with Gasteiger partial charge in [-0.25, -0.2) is 0 Å². The highest BCUT2D eigenvalue weighted by Crippen LogP contribution is 2.53. The third-order valence-corrected chi connectivity index (χ3v) is 11.3. The van der Waals surface area contributed by atoms with E-state index in [1.807, 2.05) is 45.0 Å². The molecule has 2 aromatic rings. The Morgan fingerprint density at radius 2 is 1.60 bits per heavy atom. The Labute approximate surface area is 290 Å². The molecular formula is C39H44N2O9. The fourth-order valence-corrected chi connectivity index (χ4v) is 8.86. The number of likely N-dealkylation sites (N-methyl/N-ethyl adjacent to an activating group) is 1. The van der Waals surface area contributed by atoms with Crippen LogP contribution < -0.4 is 5.73 Å². The first-order valence-corrected chi connectivity index (χ1v) is 17.1. The van der Waals surface area contributed by atoms with Crippen molar-refractivity contribution in [2.75, 3.05) is 14.1 Å². The van der Waals surface area contributed by atoms with Crippen LogP contribution in [0.4, 0.5) is 0 Å². The number of benzene rings is 2. The number of hydrogen-bond acceptors (Lipinski definition) is 10. The van der Waals surface area contributed by atoms with Crippen LogP contribution in [0.15, 0.2) is 53.3 Å². The van der Waals surface area contributed by atoms with Gasteiger partial charge in [0.25, 0.3) is 5.91 Å². The lowest BCUT2D eigenvalue weighted by Gasteiger charge is -2.50. The van der Waals surface area contributed by atoms with Gasteiger partial charge in [-0.05, 0) is 74.0 Å². The molecule has 1 amide bonds. The van der Waals surface area contributed by atoms with Crippen LogP contribution in [-0.4, -0.2) is 80.1 Å². The number of nitrogens with zero attached hydrogens (tertiary/aromatic N) is 1. The van der Waals surface area contributed by atoms with Gasteiger partial charge in [-0.2, -0.15) is 0 Å². The molecule has 0 aliphatic heterocycles. The number of rotatable bonds is 7. The minimum absolute atomic E-state index is 0.00818. The molecule has 2 aromatic carbocycles. The van der Waals surface area contributed by atoms with Crippen molar-refractivity contribution in [3.8, 4) is 16.9 Å². The Kier molecular flexibility index (Phi) is 8.67. The summed E-state index contributed by atoms with van der Waals surface area (Å²) in [7, 11) is 3.11. The molecule has 6 atom stereocenters. The smallest absolute Gasteiger partial charge is 0.255 e. The van der Waals surface area contributed by atoms with Crippen LogP contribution in [0.3, 0.4) is 0 Å². The molecule has 11 heteroatoms. The van der Waals surface area contributed by atoms with Crippen LogP contribution in [-0.2, 0) is 36.8 Å². The van der Waals surface area contributed by atoms with Gasteiger partial charge in [0, 0.05) is 35.2 Å². The number of primary amides is 1. The summed E-state index contributed by atoms with van der Waals surface area (Å²) in [5.74, 6) is -7.40. The summed E-state index contributed by atoms with van der Waals surface area (Å²) in [5.41, 5.74) is 3.87. The van der Waals surface area contributed by atoms with Gasteiger partial charge in [0.1, 0.15) is 34.4 Å². The van der Waals surface area contributed by atoms with E-state index in [0.29, 0.717) is 17.5 Å². The molecule has 50 heavy (non-hydrogen) atoms. The van der Waals surface area contributed by atoms with Crippen molar-refractivity contribution in [2.45, 2.75) is 70.9 Å². The third-order valence-electron chi connectivity index (χ3n) is 11.3. The summed E-state index contributed by atoms with van der Waals surface area (Å²) >= 11 is 0. The molecule has 2 fully saturated rings. The average Bonchev–Trinajstić information content (AvgIpc) is 3.52. The zero-order valence-corrected chi connectivity index (χ0v) is 28.9. The van der Waals surface area contributed by atoms with E-state index >= 15 is 0 Å². The minimum atomic E-state index is -2.70. The van der Waals surface area contributed by atoms with Crippen molar-refractivity contribution < 1.29 is 44.4 Å². The molecule has 4 aliphatic carbocycles. The van der Waals surface area contributed by atoms with Crippen molar-refractivity contribution in [3.63, 3.8) is 0 Å². The monoisotopic (exact) mass is 684 g/mol. The SMILES string of the molecule is CN(C)[C@H]1C(=O)C(C(N)=O)=C(O)[C@]2(O)C(=O)C3=C(O)c4c(O)ccc(-c5ccc(CC(=O)C6CCCC6C(=O)C(C)(C)C)cc5)c4C[C@@H]3C[C@H]12. The second-order valence-electron chi connectivity index (χ2n) is 15.5. The number of carbonyl (C=O) groups excluding carboxylic acids is 5. The molecule has 264 valence electrons. The van der Waals surface area contributed by atoms with Crippen molar-refractivity contribution in [1.29, 1.82) is 0 Å². The van der Waals surface area contributed by atoms with Crippen LogP contribution in [0.5, 0.6) is 5.75 Å². The fraction of sp³-hybridized carbons (Fsp3) is 0.462. The number of hydrogen-bond donors (Lipinski definition) is 5. The quantitative estimate of drug-likeness (QED) is 0.268. The lowest BCUT2D eigenvalue weighted by atomic mass is 9.57. The van der Waals surface area contributed by atoms with E-state index < -0.39 is 63.5 Å². The van der Waals surface area contributed by atoms with Crippen LogP contribution in [0.2, 0.25) is 0 Å². The first-order chi connectivity index (χ1) is 23.4. The molecule has 6 N–H and O–H groups in total. The molecule has 2 unspecified atom stereocenters. The van der Waals surface area contributed by atoms with E-state index in [2.05, 4.69) is 0 Å². The predicted molar refractivity (Wildman–Crippen MR) is 184 cm³/mol. The van der Waals surface area contributed by atoms with Gasteiger partial charge in [-0.1, -0.05) is 57.5 Å². The van der Waals surface area contributed by atoms with Crippen LogP contribution in [0.1, 0.15) is 63.1 Å². The zero-order valence-electron chi connectivity index (χ0n) is 28.9. The largest absolute Gasteiger partial charge is 0.508 e. The topological polar surface area (TPSA) is 196 Å². The Bertz CT molecular complexity index is 1900. The Morgan fingerprint density at radius 1 is 0.960 bits per heavy atom. The number of phenolic OH excluding ortho intramolecular Hbond substituents is 1. The Hall–Kier alpha value is -4.61. The van der Waals surface area contributed by atoms with Crippen molar-refractivity contribution in [1.82, 2.24) is 4.90 Å². The lowest BCUT2D eigenvalue weighted by Crippen LogP contribution is -2.65. The Morgan fingerprint density at radius 3 is 2.20 bits per heavy atom. The van der Waals surface area contributed by atoms with Crippen molar-refractivity contribution in [2.24, 2.45) is 34.8 Å². The number of ketones is 4. The van der Waals surface area contributed by atoms with Crippen molar-refractivity contribution >= 4 is 34.8 Å². The van der Waals surface area contributed by atoms with Crippen LogP contribution >= 0.6 is 0 Å². The van der Waals surface area contributed by atoms with Gasteiger partial charge in [0.2, 0.25) is 5.78 Å².